The van der Waals surface area contributed by atoms with Crippen molar-refractivity contribution in [3.8, 4) is 0 Å². The number of aryl methyl sites for hydroxylation is 2. The Hall–Kier alpha value is -1.77. The number of benzene rings is 1. The molecule has 0 radical (unpaired) electrons. The highest BCUT2D eigenvalue weighted by atomic mass is 16.1. The maximum atomic E-state index is 12.0. The Morgan fingerprint density at radius 2 is 2.00 bits per heavy atom. The molecule has 1 amide bonds. The van der Waals surface area contributed by atoms with Crippen molar-refractivity contribution in [1.29, 1.82) is 0 Å². The van der Waals surface area contributed by atoms with E-state index in [-0.39, 0.29) is 11.9 Å². The van der Waals surface area contributed by atoms with E-state index < -0.39 is 0 Å². The first-order chi connectivity index (χ1) is 7.99. The van der Waals surface area contributed by atoms with E-state index in [1.54, 1.807) is 0 Å². The molecule has 0 unspecified atom stereocenters. The number of rotatable bonds is 2. The fraction of sp³-hybridized carbons (Fsp3) is 0.357. The molecule has 3 nitrogen and oxygen atoms in total. The van der Waals surface area contributed by atoms with Gasteiger partial charge in [0.2, 0.25) is 0 Å². The SMILES string of the molecule is Cc1ccc2[nH]c(C(=O)NC(C)C)c(C)c2c1. The average molecular weight is 230 g/mol. The lowest BCUT2D eigenvalue weighted by Crippen LogP contribution is -2.30. The second kappa shape index (κ2) is 4.24. The fourth-order valence-corrected chi connectivity index (χ4v) is 2.00. The van der Waals surface area contributed by atoms with Gasteiger partial charge in [0.1, 0.15) is 5.69 Å². The Labute approximate surface area is 101 Å². The smallest absolute Gasteiger partial charge is 0.268 e. The fourth-order valence-electron chi connectivity index (χ4n) is 2.00. The topological polar surface area (TPSA) is 44.9 Å². The van der Waals surface area contributed by atoms with E-state index in [1.807, 2.05) is 32.9 Å². The van der Waals surface area contributed by atoms with Crippen LogP contribution in [-0.2, 0) is 0 Å². The zero-order valence-corrected chi connectivity index (χ0v) is 10.7. The molecule has 0 fully saturated rings. The van der Waals surface area contributed by atoms with Gasteiger partial charge >= 0.3 is 0 Å². The van der Waals surface area contributed by atoms with Gasteiger partial charge in [0.15, 0.2) is 0 Å². The molecule has 0 saturated heterocycles. The molecule has 17 heavy (non-hydrogen) atoms. The van der Waals surface area contributed by atoms with Crippen LogP contribution in [0.1, 0.15) is 35.5 Å². The maximum absolute atomic E-state index is 12.0. The van der Waals surface area contributed by atoms with E-state index in [0.29, 0.717) is 5.69 Å². The van der Waals surface area contributed by atoms with Crippen molar-refractivity contribution in [3.05, 3.63) is 35.0 Å². The molecule has 90 valence electrons. The maximum Gasteiger partial charge on any atom is 0.268 e. The molecule has 1 aromatic heterocycles. The summed E-state index contributed by atoms with van der Waals surface area (Å²) in [7, 11) is 0. The summed E-state index contributed by atoms with van der Waals surface area (Å²) in [6.07, 6.45) is 0. The second-order valence-electron chi connectivity index (χ2n) is 4.80. The van der Waals surface area contributed by atoms with Gasteiger partial charge in [-0.2, -0.15) is 0 Å². The van der Waals surface area contributed by atoms with Crippen LogP contribution < -0.4 is 5.32 Å². The first-order valence-corrected chi connectivity index (χ1v) is 5.89. The highest BCUT2D eigenvalue weighted by molar-refractivity contribution is 6.01. The molecule has 0 saturated carbocycles. The van der Waals surface area contributed by atoms with E-state index in [1.165, 1.54) is 5.56 Å². The zero-order valence-electron chi connectivity index (χ0n) is 10.7. The molecule has 1 heterocycles. The van der Waals surface area contributed by atoms with Crippen LogP contribution in [0.2, 0.25) is 0 Å². The minimum atomic E-state index is -0.0358. The number of carbonyl (C=O) groups is 1. The standard InChI is InChI=1S/C14H18N2O/c1-8(2)15-14(17)13-10(4)11-7-9(3)5-6-12(11)16-13/h5-8,16H,1-4H3,(H,15,17). The summed E-state index contributed by atoms with van der Waals surface area (Å²) in [4.78, 5) is 15.2. The first-order valence-electron chi connectivity index (χ1n) is 5.89. The normalized spacial score (nSPS) is 11.1. The van der Waals surface area contributed by atoms with Crippen LogP contribution in [0.5, 0.6) is 0 Å². The largest absolute Gasteiger partial charge is 0.350 e. The van der Waals surface area contributed by atoms with E-state index in [0.717, 1.165) is 16.5 Å². The molecule has 0 aliphatic heterocycles. The molecule has 0 atom stereocenters. The number of carbonyl (C=O) groups excluding carboxylic acids is 1. The second-order valence-corrected chi connectivity index (χ2v) is 4.80. The Bertz CT molecular complexity index is 567. The zero-order chi connectivity index (χ0) is 12.6. The van der Waals surface area contributed by atoms with Crippen molar-refractivity contribution in [2.45, 2.75) is 33.7 Å². The molecule has 3 heteroatoms. The molecule has 0 spiro atoms. The van der Waals surface area contributed by atoms with Gasteiger partial charge in [0, 0.05) is 16.9 Å². The Kier molecular flexibility index (Phi) is 2.92. The van der Waals surface area contributed by atoms with Crippen LogP contribution in [0.15, 0.2) is 18.2 Å². The molecule has 1 aromatic carbocycles. The van der Waals surface area contributed by atoms with E-state index in [4.69, 9.17) is 0 Å². The third-order valence-electron chi connectivity index (χ3n) is 2.86. The number of H-pyrrole nitrogens is 1. The number of fused-ring (bicyclic) bond motifs is 1. The number of nitrogens with one attached hydrogen (secondary N) is 2. The predicted molar refractivity (Wildman–Crippen MR) is 70.4 cm³/mol. The van der Waals surface area contributed by atoms with Crippen LogP contribution in [0.25, 0.3) is 10.9 Å². The van der Waals surface area contributed by atoms with Crippen LogP contribution in [0.3, 0.4) is 0 Å². The predicted octanol–water partition coefficient (Wildman–Crippen LogP) is 2.92. The summed E-state index contributed by atoms with van der Waals surface area (Å²) in [5.41, 5.74) is 3.90. The Balaban J connectivity index is 2.49. The third-order valence-corrected chi connectivity index (χ3v) is 2.86. The lowest BCUT2D eigenvalue weighted by Gasteiger charge is -2.07. The minimum absolute atomic E-state index is 0.0358. The van der Waals surface area contributed by atoms with Gasteiger partial charge < -0.3 is 10.3 Å². The van der Waals surface area contributed by atoms with E-state index in [2.05, 4.69) is 23.3 Å². The van der Waals surface area contributed by atoms with Gasteiger partial charge in [-0.3, -0.25) is 4.79 Å². The van der Waals surface area contributed by atoms with Crippen molar-refractivity contribution < 1.29 is 4.79 Å². The summed E-state index contributed by atoms with van der Waals surface area (Å²) >= 11 is 0. The van der Waals surface area contributed by atoms with Crippen molar-refractivity contribution in [3.63, 3.8) is 0 Å². The lowest BCUT2D eigenvalue weighted by molar-refractivity contribution is 0.0938. The summed E-state index contributed by atoms with van der Waals surface area (Å²) in [5.74, 6) is -0.0358. The van der Waals surface area contributed by atoms with Gasteiger partial charge in [-0.25, -0.2) is 0 Å². The van der Waals surface area contributed by atoms with E-state index >= 15 is 0 Å². The molecular weight excluding hydrogens is 212 g/mol. The van der Waals surface area contributed by atoms with Crippen molar-refractivity contribution >= 4 is 16.8 Å². The first kappa shape index (κ1) is 11.7. The van der Waals surface area contributed by atoms with Gasteiger partial charge in [-0.15, -0.1) is 0 Å². The Morgan fingerprint density at radius 3 is 2.65 bits per heavy atom. The molecular formula is C14H18N2O. The molecule has 2 rings (SSSR count). The third kappa shape index (κ3) is 2.18. The van der Waals surface area contributed by atoms with Gasteiger partial charge in [-0.05, 0) is 45.4 Å². The lowest BCUT2D eigenvalue weighted by atomic mass is 10.1. The highest BCUT2D eigenvalue weighted by Crippen LogP contribution is 2.22. The number of hydrogen-bond donors (Lipinski definition) is 2. The van der Waals surface area contributed by atoms with Crippen molar-refractivity contribution in [2.24, 2.45) is 0 Å². The van der Waals surface area contributed by atoms with Crippen molar-refractivity contribution in [1.82, 2.24) is 10.3 Å². The average Bonchev–Trinajstić information content (AvgIpc) is 2.55. The summed E-state index contributed by atoms with van der Waals surface area (Å²) < 4.78 is 0. The molecule has 2 N–H and O–H groups in total. The van der Waals surface area contributed by atoms with Crippen LogP contribution in [-0.4, -0.2) is 16.9 Å². The van der Waals surface area contributed by atoms with Crippen LogP contribution >= 0.6 is 0 Å². The van der Waals surface area contributed by atoms with Crippen LogP contribution in [0, 0.1) is 13.8 Å². The van der Waals surface area contributed by atoms with Gasteiger partial charge in [0.25, 0.3) is 5.91 Å². The minimum Gasteiger partial charge on any atom is -0.350 e. The number of aromatic amines is 1. The quantitative estimate of drug-likeness (QED) is 0.818. The highest BCUT2D eigenvalue weighted by Gasteiger charge is 2.15. The van der Waals surface area contributed by atoms with Crippen LogP contribution in [0.4, 0.5) is 0 Å². The monoisotopic (exact) mass is 230 g/mol. The van der Waals surface area contributed by atoms with Gasteiger partial charge in [0.05, 0.1) is 0 Å². The summed E-state index contributed by atoms with van der Waals surface area (Å²) in [6.45, 7) is 7.95. The summed E-state index contributed by atoms with van der Waals surface area (Å²) in [5, 5.41) is 4.03. The molecule has 0 bridgehead atoms. The molecule has 2 aromatic rings. The molecule has 0 aliphatic rings. The number of hydrogen-bond acceptors (Lipinski definition) is 1. The van der Waals surface area contributed by atoms with Crippen molar-refractivity contribution in [2.75, 3.05) is 0 Å². The summed E-state index contributed by atoms with van der Waals surface area (Å²) in [6, 6.07) is 6.31. The molecule has 0 aliphatic carbocycles. The Morgan fingerprint density at radius 1 is 1.29 bits per heavy atom. The van der Waals surface area contributed by atoms with Gasteiger partial charge in [-0.1, -0.05) is 11.6 Å². The van der Waals surface area contributed by atoms with E-state index in [9.17, 15) is 4.79 Å². The number of aromatic nitrogens is 1. The number of amides is 1.